The molecule has 3 aromatic rings. The Hall–Kier alpha value is -3.33. The van der Waals surface area contributed by atoms with Gasteiger partial charge in [-0.05, 0) is 40.5 Å². The summed E-state index contributed by atoms with van der Waals surface area (Å²) < 4.78 is 5.91. The van der Waals surface area contributed by atoms with Gasteiger partial charge in [0.25, 0.3) is 0 Å². The summed E-state index contributed by atoms with van der Waals surface area (Å²) in [5.74, 6) is 0.942. The molecule has 0 unspecified atom stereocenters. The fraction of sp³-hybridized carbons (Fsp3) is 0.125. The van der Waals surface area contributed by atoms with Gasteiger partial charge in [0.1, 0.15) is 5.75 Å². The largest absolute Gasteiger partial charge is 0.493 e. The Labute approximate surface area is 159 Å². The molecule has 0 aromatic heterocycles. The van der Waals surface area contributed by atoms with Crippen molar-refractivity contribution < 1.29 is 4.74 Å². The van der Waals surface area contributed by atoms with Crippen LogP contribution in [0, 0.1) is 0 Å². The predicted molar refractivity (Wildman–Crippen MR) is 112 cm³/mol. The van der Waals surface area contributed by atoms with E-state index in [-0.39, 0.29) is 0 Å². The minimum atomic E-state index is 0.669. The van der Waals surface area contributed by atoms with Gasteiger partial charge in [0.15, 0.2) is 0 Å². The van der Waals surface area contributed by atoms with Gasteiger partial charge in [-0.2, -0.15) is 0 Å². The van der Waals surface area contributed by atoms with Gasteiger partial charge in [0.2, 0.25) is 0 Å². The summed E-state index contributed by atoms with van der Waals surface area (Å²) in [6, 6.07) is 24.7. The molecule has 4 rings (SSSR count). The molecule has 0 saturated carbocycles. The molecule has 0 spiro atoms. The van der Waals surface area contributed by atoms with Gasteiger partial charge in [-0.15, -0.1) is 0 Å². The molecule has 1 aliphatic heterocycles. The highest BCUT2D eigenvalue weighted by Crippen LogP contribution is 2.36. The van der Waals surface area contributed by atoms with Crippen LogP contribution in [0.1, 0.15) is 16.7 Å². The molecule has 27 heavy (non-hydrogen) atoms. The molecule has 3 aromatic carbocycles. The quantitative estimate of drug-likeness (QED) is 0.693. The Kier molecular flexibility index (Phi) is 4.75. The van der Waals surface area contributed by atoms with E-state index in [9.17, 15) is 0 Å². The Morgan fingerprint density at radius 3 is 2.52 bits per heavy atom. The molecule has 3 nitrogen and oxygen atoms in total. The summed E-state index contributed by atoms with van der Waals surface area (Å²) in [6.45, 7) is 0.669. The van der Waals surface area contributed by atoms with Crippen molar-refractivity contribution in [1.29, 1.82) is 0 Å². The molecule has 0 fully saturated rings. The van der Waals surface area contributed by atoms with Crippen molar-refractivity contribution in [2.24, 2.45) is 10.7 Å². The van der Waals surface area contributed by atoms with Crippen molar-refractivity contribution >= 4 is 11.4 Å². The molecule has 0 saturated heterocycles. The molecule has 1 aliphatic rings. The molecule has 0 radical (unpaired) electrons. The lowest BCUT2D eigenvalue weighted by molar-refractivity contribution is 0.326. The second-order valence-corrected chi connectivity index (χ2v) is 6.54. The van der Waals surface area contributed by atoms with Crippen LogP contribution in [-0.2, 0) is 6.42 Å². The normalized spacial score (nSPS) is 14.0. The Bertz CT molecular complexity index is 1020. The molecular weight excluding hydrogens is 332 g/mol. The summed E-state index contributed by atoms with van der Waals surface area (Å²) >= 11 is 0. The first-order valence-electron chi connectivity index (χ1n) is 9.11. The molecule has 0 bridgehead atoms. The second kappa shape index (κ2) is 7.50. The Morgan fingerprint density at radius 2 is 1.70 bits per heavy atom. The average Bonchev–Trinajstić information content (AvgIpc) is 2.91. The van der Waals surface area contributed by atoms with Crippen molar-refractivity contribution in [2.45, 2.75) is 6.42 Å². The number of aliphatic imine (C=N–C) groups is 1. The lowest BCUT2D eigenvalue weighted by Gasteiger charge is -2.11. The SMILES string of the molecule is CN=C(/C=C(\N)c1ccc2c(c1)CCOc1ccccc1-2)c1ccccc1. The van der Waals surface area contributed by atoms with Crippen LogP contribution in [-0.4, -0.2) is 19.4 Å². The number of fused-ring (bicyclic) bond motifs is 3. The first-order chi connectivity index (χ1) is 13.3. The van der Waals surface area contributed by atoms with E-state index in [0.29, 0.717) is 12.3 Å². The number of allylic oxidation sites excluding steroid dienone is 1. The smallest absolute Gasteiger partial charge is 0.127 e. The zero-order valence-corrected chi connectivity index (χ0v) is 15.4. The molecule has 0 atom stereocenters. The van der Waals surface area contributed by atoms with Crippen molar-refractivity contribution in [3.63, 3.8) is 0 Å². The minimum absolute atomic E-state index is 0.669. The first kappa shape index (κ1) is 17.1. The van der Waals surface area contributed by atoms with Crippen LogP contribution < -0.4 is 10.5 Å². The first-order valence-corrected chi connectivity index (χ1v) is 9.11. The third-order valence-electron chi connectivity index (χ3n) is 4.85. The van der Waals surface area contributed by atoms with Crippen LogP contribution in [0.5, 0.6) is 5.75 Å². The fourth-order valence-electron chi connectivity index (χ4n) is 3.45. The predicted octanol–water partition coefficient (Wildman–Crippen LogP) is 4.71. The summed E-state index contributed by atoms with van der Waals surface area (Å²) in [5.41, 5.74) is 13.7. The summed E-state index contributed by atoms with van der Waals surface area (Å²) in [4.78, 5) is 4.40. The average molecular weight is 354 g/mol. The molecule has 1 heterocycles. The molecule has 134 valence electrons. The molecule has 3 heteroatoms. The molecular formula is C24H22N2O. The Balaban J connectivity index is 1.71. The van der Waals surface area contributed by atoms with Crippen molar-refractivity contribution in [1.82, 2.24) is 0 Å². The number of para-hydroxylation sites is 1. The maximum Gasteiger partial charge on any atom is 0.127 e. The molecule has 0 aliphatic carbocycles. The highest BCUT2D eigenvalue weighted by atomic mass is 16.5. The number of hydrogen-bond donors (Lipinski definition) is 1. The lowest BCUT2D eigenvalue weighted by atomic mass is 9.95. The van der Waals surface area contributed by atoms with E-state index in [1.54, 1.807) is 7.05 Å². The van der Waals surface area contributed by atoms with Crippen molar-refractivity contribution in [3.8, 4) is 16.9 Å². The van der Waals surface area contributed by atoms with Gasteiger partial charge in [-0.25, -0.2) is 0 Å². The molecule has 0 amide bonds. The fourth-order valence-corrected chi connectivity index (χ4v) is 3.45. The highest BCUT2D eigenvalue weighted by molar-refractivity contribution is 6.12. The van der Waals surface area contributed by atoms with Crippen LogP contribution in [0.4, 0.5) is 0 Å². The van der Waals surface area contributed by atoms with Gasteiger partial charge < -0.3 is 10.5 Å². The van der Waals surface area contributed by atoms with Gasteiger partial charge in [-0.3, -0.25) is 4.99 Å². The van der Waals surface area contributed by atoms with E-state index in [2.05, 4.69) is 29.3 Å². The highest BCUT2D eigenvalue weighted by Gasteiger charge is 2.15. The second-order valence-electron chi connectivity index (χ2n) is 6.54. The van der Waals surface area contributed by atoms with Crippen LogP contribution in [0.3, 0.4) is 0 Å². The third-order valence-corrected chi connectivity index (χ3v) is 4.85. The van der Waals surface area contributed by atoms with Gasteiger partial charge in [-0.1, -0.05) is 60.7 Å². The zero-order valence-electron chi connectivity index (χ0n) is 15.4. The van der Waals surface area contributed by atoms with Gasteiger partial charge in [0.05, 0.1) is 12.3 Å². The monoisotopic (exact) mass is 354 g/mol. The van der Waals surface area contributed by atoms with E-state index in [4.69, 9.17) is 10.5 Å². The number of nitrogens with zero attached hydrogens (tertiary/aromatic N) is 1. The van der Waals surface area contributed by atoms with Gasteiger partial charge >= 0.3 is 0 Å². The number of benzene rings is 3. The molecule has 2 N–H and O–H groups in total. The number of nitrogens with two attached hydrogens (primary N) is 1. The topological polar surface area (TPSA) is 47.6 Å². The maximum absolute atomic E-state index is 6.42. The third kappa shape index (κ3) is 3.49. The number of ether oxygens (including phenoxy) is 1. The zero-order chi connectivity index (χ0) is 18.6. The minimum Gasteiger partial charge on any atom is -0.493 e. The van der Waals surface area contributed by atoms with Gasteiger partial charge in [0, 0.05) is 24.7 Å². The van der Waals surface area contributed by atoms with Crippen LogP contribution >= 0.6 is 0 Å². The van der Waals surface area contributed by atoms with Crippen LogP contribution in [0.25, 0.3) is 16.8 Å². The van der Waals surface area contributed by atoms with E-state index in [1.165, 1.54) is 11.1 Å². The number of hydrogen-bond acceptors (Lipinski definition) is 3. The van der Waals surface area contributed by atoms with E-state index in [0.717, 1.165) is 34.6 Å². The standard InChI is InChI=1S/C24H22N2O/c1-26-23(17-7-3-2-4-8-17)16-22(25)19-11-12-20-18(15-19)13-14-27-24-10-6-5-9-21(20)24/h2-12,15-16H,13-14,25H2,1H3/b22-16-,26-23?. The summed E-state index contributed by atoms with van der Waals surface area (Å²) in [7, 11) is 1.79. The van der Waals surface area contributed by atoms with E-state index in [1.807, 2.05) is 54.6 Å². The Morgan fingerprint density at radius 1 is 0.926 bits per heavy atom. The van der Waals surface area contributed by atoms with Crippen molar-refractivity contribution in [3.05, 3.63) is 95.6 Å². The van der Waals surface area contributed by atoms with E-state index < -0.39 is 0 Å². The van der Waals surface area contributed by atoms with Crippen LogP contribution in [0.2, 0.25) is 0 Å². The maximum atomic E-state index is 6.42. The lowest BCUT2D eigenvalue weighted by Crippen LogP contribution is -2.05. The summed E-state index contributed by atoms with van der Waals surface area (Å²) in [5, 5.41) is 0. The van der Waals surface area contributed by atoms with Crippen LogP contribution in [0.15, 0.2) is 83.9 Å². The van der Waals surface area contributed by atoms with E-state index >= 15 is 0 Å². The van der Waals surface area contributed by atoms with Crippen molar-refractivity contribution in [2.75, 3.05) is 13.7 Å². The summed E-state index contributed by atoms with van der Waals surface area (Å²) in [6.07, 6.45) is 2.80. The number of rotatable bonds is 3.